The van der Waals surface area contributed by atoms with Crippen LogP contribution in [0.1, 0.15) is 25.0 Å². The van der Waals surface area contributed by atoms with Crippen molar-refractivity contribution in [1.82, 2.24) is 10.6 Å². The van der Waals surface area contributed by atoms with Crippen molar-refractivity contribution in [1.29, 1.82) is 0 Å². The van der Waals surface area contributed by atoms with E-state index >= 15 is 0 Å². The second kappa shape index (κ2) is 11.1. The molecule has 0 saturated heterocycles. The third kappa shape index (κ3) is 8.67. The first-order chi connectivity index (χ1) is 11.6. The average Bonchev–Trinajstić information content (AvgIpc) is 2.51. The summed E-state index contributed by atoms with van der Waals surface area (Å²) in [6, 6.07) is 5.12. The minimum Gasteiger partial charge on any atom is -0.357 e. The predicted molar refractivity (Wildman–Crippen MR) is 117 cm³/mol. The molecule has 0 saturated carbocycles. The summed E-state index contributed by atoms with van der Waals surface area (Å²) in [4.78, 5) is 4.73. The van der Waals surface area contributed by atoms with E-state index in [0.717, 1.165) is 5.56 Å². The van der Waals surface area contributed by atoms with Gasteiger partial charge < -0.3 is 10.6 Å². The highest BCUT2D eigenvalue weighted by molar-refractivity contribution is 14.0. The standard InChI is InChI=1S/C16H27N3O4S2.HI/c1-5-17-16(18-9-10-25(22,23)6-2)19-12-14-7-8-15(13(3)11-14)24(4,20)21;/h7-8,11H,5-6,9-10,12H2,1-4H3,(H2,17,18,19);1H. The van der Waals surface area contributed by atoms with Crippen LogP contribution >= 0.6 is 24.0 Å². The van der Waals surface area contributed by atoms with Crippen molar-refractivity contribution in [3.63, 3.8) is 0 Å². The van der Waals surface area contributed by atoms with Gasteiger partial charge >= 0.3 is 0 Å². The monoisotopic (exact) mass is 517 g/mol. The number of sulfone groups is 2. The van der Waals surface area contributed by atoms with Crippen molar-refractivity contribution in [2.24, 2.45) is 4.99 Å². The van der Waals surface area contributed by atoms with Gasteiger partial charge in [-0.3, -0.25) is 0 Å². The number of benzene rings is 1. The van der Waals surface area contributed by atoms with Gasteiger partial charge in [0.15, 0.2) is 25.6 Å². The van der Waals surface area contributed by atoms with Crippen molar-refractivity contribution < 1.29 is 16.8 Å². The summed E-state index contributed by atoms with van der Waals surface area (Å²) in [6.07, 6.45) is 1.19. The molecule has 2 N–H and O–H groups in total. The van der Waals surface area contributed by atoms with E-state index in [-0.39, 0.29) is 42.0 Å². The van der Waals surface area contributed by atoms with E-state index in [1.54, 1.807) is 32.0 Å². The quantitative estimate of drug-likeness (QED) is 0.308. The molecule has 150 valence electrons. The Morgan fingerprint density at radius 3 is 2.27 bits per heavy atom. The van der Waals surface area contributed by atoms with E-state index in [1.807, 2.05) is 6.92 Å². The second-order valence-corrected chi connectivity index (χ2v) is 10.2. The molecule has 1 rings (SSSR count). The lowest BCUT2D eigenvalue weighted by atomic mass is 10.1. The molecular formula is C16H28IN3O4S2. The Morgan fingerprint density at radius 1 is 1.12 bits per heavy atom. The van der Waals surface area contributed by atoms with Crippen molar-refractivity contribution in [2.45, 2.75) is 32.2 Å². The first-order valence-corrected chi connectivity index (χ1v) is 11.8. The molecule has 0 aromatic heterocycles. The lowest BCUT2D eigenvalue weighted by Gasteiger charge is -2.11. The van der Waals surface area contributed by atoms with Crippen LogP contribution in [0.2, 0.25) is 0 Å². The molecule has 26 heavy (non-hydrogen) atoms. The Morgan fingerprint density at radius 2 is 1.77 bits per heavy atom. The average molecular weight is 517 g/mol. The van der Waals surface area contributed by atoms with E-state index in [9.17, 15) is 16.8 Å². The van der Waals surface area contributed by atoms with Gasteiger partial charge in [-0.15, -0.1) is 24.0 Å². The normalized spacial score (nSPS) is 12.4. The summed E-state index contributed by atoms with van der Waals surface area (Å²) in [5.74, 6) is 0.698. The number of hydrogen-bond donors (Lipinski definition) is 2. The van der Waals surface area contributed by atoms with Crippen LogP contribution in [0.25, 0.3) is 0 Å². The van der Waals surface area contributed by atoms with Crippen LogP contribution in [0.15, 0.2) is 28.1 Å². The Labute approximate surface area is 173 Å². The number of halogens is 1. The summed E-state index contributed by atoms with van der Waals surface area (Å²) >= 11 is 0. The van der Waals surface area contributed by atoms with Crippen molar-refractivity contribution in [3.8, 4) is 0 Å². The molecule has 7 nitrogen and oxygen atoms in total. The van der Waals surface area contributed by atoms with Crippen LogP contribution in [0.4, 0.5) is 0 Å². The van der Waals surface area contributed by atoms with E-state index in [1.165, 1.54) is 6.26 Å². The summed E-state index contributed by atoms with van der Waals surface area (Å²) in [5.41, 5.74) is 1.56. The Bertz CT molecular complexity index is 822. The van der Waals surface area contributed by atoms with Gasteiger partial charge in [0.25, 0.3) is 0 Å². The molecule has 0 atom stereocenters. The highest BCUT2D eigenvalue weighted by Crippen LogP contribution is 2.17. The molecule has 1 aromatic rings. The van der Waals surface area contributed by atoms with Gasteiger partial charge in [-0.1, -0.05) is 19.1 Å². The molecular weight excluding hydrogens is 489 g/mol. The van der Waals surface area contributed by atoms with Crippen LogP contribution in [0.3, 0.4) is 0 Å². The lowest BCUT2D eigenvalue weighted by Crippen LogP contribution is -2.39. The topological polar surface area (TPSA) is 105 Å². The zero-order valence-corrected chi connectivity index (χ0v) is 19.5. The molecule has 0 aliphatic rings. The number of guanidine groups is 1. The molecule has 10 heteroatoms. The van der Waals surface area contributed by atoms with Crippen LogP contribution < -0.4 is 10.6 Å². The second-order valence-electron chi connectivity index (χ2n) is 5.73. The lowest BCUT2D eigenvalue weighted by molar-refractivity contribution is 0.595. The zero-order chi connectivity index (χ0) is 19.1. The molecule has 0 amide bonds. The van der Waals surface area contributed by atoms with Gasteiger partial charge in [-0.25, -0.2) is 21.8 Å². The Hall–Kier alpha value is -0.880. The molecule has 0 spiro atoms. The van der Waals surface area contributed by atoms with Crippen LogP contribution in [-0.4, -0.2) is 53.6 Å². The predicted octanol–water partition coefficient (Wildman–Crippen LogP) is 1.51. The van der Waals surface area contributed by atoms with Gasteiger partial charge in [0.05, 0.1) is 17.2 Å². The minimum atomic E-state index is -3.24. The Balaban J connectivity index is 0.00000625. The SMILES string of the molecule is CCNC(=NCc1ccc(S(C)(=O)=O)c(C)c1)NCCS(=O)(=O)CC.I. The highest BCUT2D eigenvalue weighted by Gasteiger charge is 2.11. The van der Waals surface area contributed by atoms with E-state index < -0.39 is 19.7 Å². The smallest absolute Gasteiger partial charge is 0.191 e. The summed E-state index contributed by atoms with van der Waals surface area (Å²) < 4.78 is 46.3. The summed E-state index contributed by atoms with van der Waals surface area (Å²) in [7, 11) is -6.26. The number of aryl methyl sites for hydroxylation is 1. The fourth-order valence-electron chi connectivity index (χ4n) is 2.21. The summed E-state index contributed by atoms with van der Waals surface area (Å²) in [5, 5.41) is 6.05. The van der Waals surface area contributed by atoms with Gasteiger partial charge in [0.2, 0.25) is 0 Å². The molecule has 0 aliphatic heterocycles. The molecule has 0 heterocycles. The van der Waals surface area contributed by atoms with E-state index in [0.29, 0.717) is 29.5 Å². The van der Waals surface area contributed by atoms with Crippen molar-refractivity contribution in [2.75, 3.05) is 30.9 Å². The highest BCUT2D eigenvalue weighted by atomic mass is 127. The fraction of sp³-hybridized carbons (Fsp3) is 0.562. The molecule has 0 radical (unpaired) electrons. The van der Waals surface area contributed by atoms with E-state index in [4.69, 9.17) is 0 Å². The minimum absolute atomic E-state index is 0. The van der Waals surface area contributed by atoms with Gasteiger partial charge in [0.1, 0.15) is 0 Å². The van der Waals surface area contributed by atoms with Crippen molar-refractivity contribution in [3.05, 3.63) is 29.3 Å². The first-order valence-electron chi connectivity index (χ1n) is 8.11. The number of rotatable bonds is 8. The van der Waals surface area contributed by atoms with Gasteiger partial charge in [-0.05, 0) is 31.0 Å². The third-order valence-corrected chi connectivity index (χ3v) is 6.51. The third-order valence-electron chi connectivity index (χ3n) is 3.55. The van der Waals surface area contributed by atoms with Gasteiger partial charge in [-0.2, -0.15) is 0 Å². The zero-order valence-electron chi connectivity index (χ0n) is 15.6. The van der Waals surface area contributed by atoms with Crippen LogP contribution in [0.5, 0.6) is 0 Å². The first kappa shape index (κ1) is 25.1. The molecule has 0 unspecified atom stereocenters. The molecule has 0 fully saturated rings. The number of nitrogens with one attached hydrogen (secondary N) is 2. The van der Waals surface area contributed by atoms with E-state index in [2.05, 4.69) is 15.6 Å². The Kier molecular flexibility index (Phi) is 10.7. The largest absolute Gasteiger partial charge is 0.357 e. The number of hydrogen-bond acceptors (Lipinski definition) is 5. The number of nitrogens with zero attached hydrogens (tertiary/aromatic N) is 1. The van der Waals surface area contributed by atoms with Crippen LogP contribution in [0, 0.1) is 6.92 Å². The van der Waals surface area contributed by atoms with Crippen LogP contribution in [-0.2, 0) is 26.2 Å². The molecule has 1 aromatic carbocycles. The van der Waals surface area contributed by atoms with Crippen molar-refractivity contribution >= 4 is 49.6 Å². The molecule has 0 aliphatic carbocycles. The number of aliphatic imine (C=N–C) groups is 1. The molecule has 0 bridgehead atoms. The maximum absolute atomic E-state index is 11.6. The maximum atomic E-state index is 11.6. The van der Waals surface area contributed by atoms with Gasteiger partial charge in [0, 0.05) is 25.1 Å². The summed E-state index contributed by atoms with van der Waals surface area (Å²) in [6.45, 7) is 6.60. The maximum Gasteiger partial charge on any atom is 0.191 e. The fourth-order valence-corrected chi connectivity index (χ4v) is 3.87.